The van der Waals surface area contributed by atoms with Crippen LogP contribution < -0.4 is 5.73 Å². The summed E-state index contributed by atoms with van der Waals surface area (Å²) in [6.07, 6.45) is -8.10. The molecule has 1 rings (SSSR count). The van der Waals surface area contributed by atoms with E-state index in [9.17, 15) is 23.4 Å². The number of hydrogen-bond donors (Lipinski definition) is 4. The molecule has 4 nitrogen and oxygen atoms in total. The quantitative estimate of drug-likeness (QED) is 0.613. The van der Waals surface area contributed by atoms with Crippen LogP contribution >= 0.6 is 0 Å². The van der Waals surface area contributed by atoms with Gasteiger partial charge in [-0.25, -0.2) is 0 Å². The van der Waals surface area contributed by atoms with Gasteiger partial charge < -0.3 is 21.1 Å². The third-order valence-electron chi connectivity index (χ3n) is 2.49. The van der Waals surface area contributed by atoms with Gasteiger partial charge in [-0.1, -0.05) is 6.07 Å². The molecule has 0 heterocycles. The number of anilines is 1. The van der Waals surface area contributed by atoms with Crippen LogP contribution in [0.4, 0.5) is 18.9 Å². The fourth-order valence-corrected chi connectivity index (χ4v) is 1.57. The predicted octanol–water partition coefficient (Wildman–Crippen LogP) is 1.06. The Morgan fingerprint density at radius 3 is 2.33 bits per heavy atom. The Kier molecular flexibility index (Phi) is 4.55. The summed E-state index contributed by atoms with van der Waals surface area (Å²) in [6.45, 7) is -0.436. The third kappa shape index (κ3) is 3.34. The first-order valence-electron chi connectivity index (χ1n) is 5.21. The smallest absolute Gasteiger partial charge is 0.399 e. The molecule has 0 bridgehead atoms. The summed E-state index contributed by atoms with van der Waals surface area (Å²) in [4.78, 5) is 0. The zero-order valence-electron chi connectivity index (χ0n) is 9.35. The number of alkyl halides is 3. The highest BCUT2D eigenvalue weighted by atomic mass is 19.4. The monoisotopic (exact) mass is 265 g/mol. The van der Waals surface area contributed by atoms with Gasteiger partial charge in [-0.05, 0) is 24.1 Å². The minimum Gasteiger partial charge on any atom is -0.399 e. The fraction of sp³-hybridized carbons (Fsp3) is 0.455. The van der Waals surface area contributed by atoms with E-state index in [1.807, 2.05) is 0 Å². The van der Waals surface area contributed by atoms with Crippen molar-refractivity contribution in [3.8, 4) is 0 Å². The summed E-state index contributed by atoms with van der Waals surface area (Å²) >= 11 is 0. The van der Waals surface area contributed by atoms with Gasteiger partial charge in [0.1, 0.15) is 6.10 Å². The average molecular weight is 265 g/mol. The van der Waals surface area contributed by atoms with Crippen LogP contribution in [0.1, 0.15) is 23.7 Å². The Bertz CT molecular complexity index is 409. The molecule has 0 spiro atoms. The number of nitrogen functional groups attached to an aromatic ring is 1. The standard InChI is InChI=1S/C11H14F3NO3/c12-11(13,14)8-5-6(15)1-2-7(8)10(18)9(17)3-4-16/h1-2,5,9-10,16-18H,3-4,15H2. The van der Waals surface area contributed by atoms with Gasteiger partial charge in [-0.2, -0.15) is 13.2 Å². The van der Waals surface area contributed by atoms with Crippen molar-refractivity contribution in [1.82, 2.24) is 0 Å². The molecule has 1 aromatic rings. The number of aliphatic hydroxyl groups excluding tert-OH is 3. The molecule has 0 saturated carbocycles. The minimum absolute atomic E-state index is 0.0880. The van der Waals surface area contributed by atoms with Crippen LogP contribution in [-0.4, -0.2) is 28.0 Å². The molecule has 0 radical (unpaired) electrons. The van der Waals surface area contributed by atoms with Gasteiger partial charge in [0, 0.05) is 12.3 Å². The van der Waals surface area contributed by atoms with E-state index in [2.05, 4.69) is 0 Å². The van der Waals surface area contributed by atoms with Gasteiger partial charge in [0.2, 0.25) is 0 Å². The van der Waals surface area contributed by atoms with E-state index in [4.69, 9.17) is 10.8 Å². The Morgan fingerprint density at radius 2 is 1.83 bits per heavy atom. The lowest BCUT2D eigenvalue weighted by atomic mass is 9.96. The van der Waals surface area contributed by atoms with Crippen LogP contribution in [-0.2, 0) is 6.18 Å². The molecule has 2 unspecified atom stereocenters. The zero-order chi connectivity index (χ0) is 13.9. The summed E-state index contributed by atoms with van der Waals surface area (Å²) < 4.78 is 38.2. The molecule has 5 N–H and O–H groups in total. The molecule has 1 aromatic carbocycles. The molecule has 0 aliphatic heterocycles. The SMILES string of the molecule is Nc1ccc(C(O)C(O)CCO)c(C(F)(F)F)c1. The van der Waals surface area contributed by atoms with Crippen molar-refractivity contribution < 1.29 is 28.5 Å². The van der Waals surface area contributed by atoms with Crippen LogP contribution in [0.15, 0.2) is 18.2 Å². The van der Waals surface area contributed by atoms with Gasteiger partial charge in [0.25, 0.3) is 0 Å². The van der Waals surface area contributed by atoms with Crippen LogP contribution in [0.5, 0.6) is 0 Å². The first kappa shape index (κ1) is 14.7. The molecule has 7 heteroatoms. The maximum Gasteiger partial charge on any atom is 0.416 e. The van der Waals surface area contributed by atoms with Crippen LogP contribution in [0.25, 0.3) is 0 Å². The maximum absolute atomic E-state index is 12.7. The van der Waals surface area contributed by atoms with Gasteiger partial charge >= 0.3 is 6.18 Å². The van der Waals surface area contributed by atoms with Crippen LogP contribution in [0.3, 0.4) is 0 Å². The van der Waals surface area contributed by atoms with Crippen molar-refractivity contribution in [2.24, 2.45) is 0 Å². The van der Waals surface area contributed by atoms with Crippen molar-refractivity contribution in [3.63, 3.8) is 0 Å². The second-order valence-corrected chi connectivity index (χ2v) is 3.87. The average Bonchev–Trinajstić information content (AvgIpc) is 2.27. The van der Waals surface area contributed by atoms with Gasteiger partial charge in [-0.15, -0.1) is 0 Å². The van der Waals surface area contributed by atoms with E-state index in [1.54, 1.807) is 0 Å². The molecule has 18 heavy (non-hydrogen) atoms. The molecule has 2 atom stereocenters. The normalized spacial score (nSPS) is 15.4. The minimum atomic E-state index is -4.68. The maximum atomic E-state index is 12.7. The van der Waals surface area contributed by atoms with Crippen LogP contribution in [0, 0.1) is 0 Å². The van der Waals surface area contributed by atoms with Crippen LogP contribution in [0.2, 0.25) is 0 Å². The molecule has 0 saturated heterocycles. The van der Waals surface area contributed by atoms with Crippen molar-refractivity contribution in [2.45, 2.75) is 24.8 Å². The number of benzene rings is 1. The number of aliphatic hydroxyl groups is 3. The summed E-state index contributed by atoms with van der Waals surface area (Å²) in [5.41, 5.74) is 3.64. The number of rotatable bonds is 4. The largest absolute Gasteiger partial charge is 0.416 e. The molecule has 0 aromatic heterocycles. The van der Waals surface area contributed by atoms with E-state index in [1.165, 1.54) is 6.07 Å². The first-order chi connectivity index (χ1) is 8.27. The van der Waals surface area contributed by atoms with Crippen molar-refractivity contribution in [2.75, 3.05) is 12.3 Å². The molecule has 0 aliphatic carbocycles. The highest BCUT2D eigenvalue weighted by molar-refractivity contribution is 5.46. The molecular weight excluding hydrogens is 251 g/mol. The summed E-state index contributed by atoms with van der Waals surface area (Å²) in [7, 11) is 0. The van der Waals surface area contributed by atoms with E-state index in [0.29, 0.717) is 6.07 Å². The zero-order valence-corrected chi connectivity index (χ0v) is 9.35. The van der Waals surface area contributed by atoms with Gasteiger partial charge in [-0.3, -0.25) is 0 Å². The lowest BCUT2D eigenvalue weighted by Gasteiger charge is -2.21. The second-order valence-electron chi connectivity index (χ2n) is 3.87. The Morgan fingerprint density at radius 1 is 1.22 bits per heavy atom. The topological polar surface area (TPSA) is 86.7 Å². The number of hydrogen-bond acceptors (Lipinski definition) is 4. The summed E-state index contributed by atoms with van der Waals surface area (Å²) in [5, 5.41) is 27.7. The number of halogens is 3. The first-order valence-corrected chi connectivity index (χ1v) is 5.21. The Balaban J connectivity index is 3.15. The number of nitrogens with two attached hydrogens (primary N) is 1. The highest BCUT2D eigenvalue weighted by Gasteiger charge is 2.36. The fourth-order valence-electron chi connectivity index (χ4n) is 1.57. The summed E-state index contributed by atoms with van der Waals surface area (Å²) in [6, 6.07) is 2.92. The molecule has 0 aliphatic rings. The van der Waals surface area contributed by atoms with E-state index in [-0.39, 0.29) is 12.1 Å². The molecule has 0 fully saturated rings. The molecule has 0 amide bonds. The van der Waals surface area contributed by atoms with E-state index < -0.39 is 36.1 Å². The van der Waals surface area contributed by atoms with Crippen molar-refractivity contribution >= 4 is 5.69 Å². The Hall–Kier alpha value is -1.31. The van der Waals surface area contributed by atoms with Crippen molar-refractivity contribution in [1.29, 1.82) is 0 Å². The summed E-state index contributed by atoms with van der Waals surface area (Å²) in [5.74, 6) is 0. The Labute approximate surface area is 101 Å². The molecular formula is C11H14F3NO3. The van der Waals surface area contributed by atoms with Gasteiger partial charge in [0.05, 0.1) is 11.7 Å². The van der Waals surface area contributed by atoms with E-state index in [0.717, 1.165) is 6.07 Å². The lowest BCUT2D eigenvalue weighted by molar-refractivity contribution is -0.140. The lowest BCUT2D eigenvalue weighted by Crippen LogP contribution is -2.23. The third-order valence-corrected chi connectivity index (χ3v) is 2.49. The predicted molar refractivity (Wildman–Crippen MR) is 58.5 cm³/mol. The van der Waals surface area contributed by atoms with Crippen molar-refractivity contribution in [3.05, 3.63) is 29.3 Å². The van der Waals surface area contributed by atoms with Gasteiger partial charge in [0.15, 0.2) is 0 Å². The second kappa shape index (κ2) is 5.55. The highest BCUT2D eigenvalue weighted by Crippen LogP contribution is 2.36. The van der Waals surface area contributed by atoms with E-state index >= 15 is 0 Å². The molecule has 102 valence electrons.